The molecule has 1 N–H and O–H groups in total. The normalized spacial score (nSPS) is 13.1. The van der Waals surface area contributed by atoms with Crippen molar-refractivity contribution in [3.05, 3.63) is 12.2 Å². The maximum Gasteiger partial charge on any atom is 0.434 e. The van der Waals surface area contributed by atoms with E-state index in [1.54, 1.807) is 0 Å². The molecule has 0 aromatic rings. The summed E-state index contributed by atoms with van der Waals surface area (Å²) in [4.78, 5) is 20.3. The van der Waals surface area contributed by atoms with Crippen molar-refractivity contribution >= 4 is 11.9 Å². The summed E-state index contributed by atoms with van der Waals surface area (Å²) in [7, 11) is 0. The van der Waals surface area contributed by atoms with Gasteiger partial charge in [-0.2, -0.15) is 26.3 Å². The summed E-state index contributed by atoms with van der Waals surface area (Å²) >= 11 is 0. The second kappa shape index (κ2) is 5.06. The Morgan fingerprint density at radius 3 is 1.71 bits per heavy atom. The van der Waals surface area contributed by atoms with Crippen LogP contribution in [0.4, 0.5) is 26.3 Å². The van der Waals surface area contributed by atoms with Crippen molar-refractivity contribution in [3.8, 4) is 0 Å². The third-order valence-corrected chi connectivity index (χ3v) is 1.19. The molecular weight excluding hydrogens is 262 g/mol. The van der Waals surface area contributed by atoms with Gasteiger partial charge in [-0.25, -0.2) is 9.59 Å². The van der Waals surface area contributed by atoms with Crippen molar-refractivity contribution in [1.29, 1.82) is 0 Å². The SMILES string of the molecule is O=C(O)/C=C/C(=O)OC(C(F)(F)F)C(F)(F)F. The third kappa shape index (κ3) is 5.78. The summed E-state index contributed by atoms with van der Waals surface area (Å²) in [6.45, 7) is 0. The Morgan fingerprint density at radius 2 is 1.41 bits per heavy atom. The maximum atomic E-state index is 11.8. The molecule has 0 unspecified atom stereocenters. The number of carboxylic acid groups (broad SMARTS) is 1. The monoisotopic (exact) mass is 266 g/mol. The van der Waals surface area contributed by atoms with E-state index in [2.05, 4.69) is 4.74 Å². The zero-order valence-corrected chi connectivity index (χ0v) is 7.67. The van der Waals surface area contributed by atoms with Crippen LogP contribution in [0.15, 0.2) is 12.2 Å². The molecule has 0 aromatic carbocycles. The van der Waals surface area contributed by atoms with E-state index >= 15 is 0 Å². The van der Waals surface area contributed by atoms with Gasteiger partial charge < -0.3 is 9.84 Å². The van der Waals surface area contributed by atoms with E-state index in [0.29, 0.717) is 0 Å². The summed E-state index contributed by atoms with van der Waals surface area (Å²) in [6, 6.07) is 0. The number of halogens is 6. The first-order valence-electron chi connectivity index (χ1n) is 3.69. The highest BCUT2D eigenvalue weighted by molar-refractivity contribution is 5.90. The fourth-order valence-electron chi connectivity index (χ4n) is 0.614. The predicted molar refractivity (Wildman–Crippen MR) is 38.8 cm³/mol. The quantitative estimate of drug-likeness (QED) is 0.479. The second-order valence-electron chi connectivity index (χ2n) is 2.57. The average molecular weight is 266 g/mol. The van der Waals surface area contributed by atoms with Crippen molar-refractivity contribution in [2.75, 3.05) is 0 Å². The Kier molecular flexibility index (Phi) is 4.54. The zero-order valence-electron chi connectivity index (χ0n) is 7.67. The fraction of sp³-hybridized carbons (Fsp3) is 0.429. The third-order valence-electron chi connectivity index (χ3n) is 1.19. The van der Waals surface area contributed by atoms with Crippen LogP contribution in [0.2, 0.25) is 0 Å². The molecule has 0 heterocycles. The van der Waals surface area contributed by atoms with E-state index in [1.165, 1.54) is 0 Å². The van der Waals surface area contributed by atoms with Crippen LogP contribution in [0.3, 0.4) is 0 Å². The van der Waals surface area contributed by atoms with E-state index in [1.807, 2.05) is 0 Å². The lowest BCUT2D eigenvalue weighted by molar-refractivity contribution is -0.312. The molecular formula is C7H4F6O4. The number of ether oxygens (including phenoxy) is 1. The van der Waals surface area contributed by atoms with Gasteiger partial charge >= 0.3 is 24.3 Å². The van der Waals surface area contributed by atoms with E-state index < -0.39 is 30.4 Å². The van der Waals surface area contributed by atoms with Gasteiger partial charge in [0, 0.05) is 12.2 Å². The van der Waals surface area contributed by atoms with Gasteiger partial charge in [-0.3, -0.25) is 0 Å². The minimum atomic E-state index is -5.83. The van der Waals surface area contributed by atoms with Crippen molar-refractivity contribution < 1.29 is 45.8 Å². The molecule has 0 rings (SSSR count). The molecule has 0 radical (unpaired) electrons. The van der Waals surface area contributed by atoms with Gasteiger partial charge in [0.2, 0.25) is 0 Å². The highest BCUT2D eigenvalue weighted by atomic mass is 19.4. The first-order chi connectivity index (χ1) is 7.44. The first kappa shape index (κ1) is 15.3. The van der Waals surface area contributed by atoms with Crippen LogP contribution in [0.5, 0.6) is 0 Å². The van der Waals surface area contributed by atoms with Crippen LogP contribution < -0.4 is 0 Å². The lowest BCUT2D eigenvalue weighted by Crippen LogP contribution is -2.45. The predicted octanol–water partition coefficient (Wildman–Crippen LogP) is 1.66. The molecule has 0 spiro atoms. The molecule has 0 bridgehead atoms. The molecule has 17 heavy (non-hydrogen) atoms. The Morgan fingerprint density at radius 1 is 1.00 bits per heavy atom. The van der Waals surface area contributed by atoms with Crippen LogP contribution in [0.25, 0.3) is 0 Å². The van der Waals surface area contributed by atoms with Crippen molar-refractivity contribution in [1.82, 2.24) is 0 Å². The van der Waals surface area contributed by atoms with E-state index in [4.69, 9.17) is 5.11 Å². The van der Waals surface area contributed by atoms with Crippen LogP contribution in [-0.2, 0) is 14.3 Å². The standard InChI is InChI=1S/C7H4F6O4/c8-6(9,10)5(7(11,12)13)17-4(16)2-1-3(14)15/h1-2,5H,(H,14,15)/b2-1+. The van der Waals surface area contributed by atoms with Gasteiger partial charge in [0.15, 0.2) is 0 Å². The largest absolute Gasteiger partial charge is 0.478 e. The van der Waals surface area contributed by atoms with E-state index in [-0.39, 0.29) is 12.2 Å². The van der Waals surface area contributed by atoms with Gasteiger partial charge in [0.25, 0.3) is 6.10 Å². The molecule has 0 atom stereocenters. The van der Waals surface area contributed by atoms with Gasteiger partial charge in [-0.15, -0.1) is 0 Å². The first-order valence-corrected chi connectivity index (χ1v) is 3.69. The van der Waals surface area contributed by atoms with Crippen LogP contribution in [0, 0.1) is 0 Å². The Bertz CT molecular complexity index is 314. The molecule has 0 aliphatic carbocycles. The van der Waals surface area contributed by atoms with E-state index in [0.717, 1.165) is 0 Å². The summed E-state index contributed by atoms with van der Waals surface area (Å²) in [5.74, 6) is -3.79. The number of carboxylic acids is 1. The minimum Gasteiger partial charge on any atom is -0.478 e. The van der Waals surface area contributed by atoms with Crippen LogP contribution >= 0.6 is 0 Å². The number of esters is 1. The van der Waals surface area contributed by atoms with Gasteiger partial charge in [0.05, 0.1) is 0 Å². The number of hydrogen-bond acceptors (Lipinski definition) is 3. The molecule has 98 valence electrons. The van der Waals surface area contributed by atoms with Gasteiger partial charge in [-0.05, 0) is 0 Å². The lowest BCUT2D eigenvalue weighted by atomic mass is 10.3. The summed E-state index contributed by atoms with van der Waals surface area (Å²) in [5, 5.41) is 7.98. The molecule has 0 aliphatic rings. The molecule has 4 nitrogen and oxygen atoms in total. The van der Waals surface area contributed by atoms with Crippen LogP contribution in [-0.4, -0.2) is 35.5 Å². The topological polar surface area (TPSA) is 63.6 Å². The van der Waals surface area contributed by atoms with Crippen molar-refractivity contribution in [2.24, 2.45) is 0 Å². The van der Waals surface area contributed by atoms with Crippen molar-refractivity contribution in [3.63, 3.8) is 0 Å². The van der Waals surface area contributed by atoms with Crippen LogP contribution in [0.1, 0.15) is 0 Å². The number of carbonyl (C=O) groups excluding carboxylic acids is 1. The Hall–Kier alpha value is -1.74. The lowest BCUT2D eigenvalue weighted by Gasteiger charge is -2.21. The summed E-state index contributed by atoms with van der Waals surface area (Å²) in [5.41, 5.74) is 0. The fourth-order valence-corrected chi connectivity index (χ4v) is 0.614. The summed E-state index contributed by atoms with van der Waals surface area (Å²) < 4.78 is 74.1. The number of aliphatic carboxylic acids is 1. The van der Waals surface area contributed by atoms with E-state index in [9.17, 15) is 35.9 Å². The van der Waals surface area contributed by atoms with Crippen molar-refractivity contribution in [2.45, 2.75) is 18.5 Å². The molecule has 0 amide bonds. The molecule has 0 fully saturated rings. The van der Waals surface area contributed by atoms with Gasteiger partial charge in [0.1, 0.15) is 0 Å². The maximum absolute atomic E-state index is 11.8. The Balaban J connectivity index is 4.80. The number of hydrogen-bond donors (Lipinski definition) is 1. The minimum absolute atomic E-state index is 0.0478. The molecule has 0 aromatic heterocycles. The number of carbonyl (C=O) groups is 2. The highest BCUT2D eigenvalue weighted by Gasteiger charge is 2.59. The molecule has 10 heteroatoms. The Labute approximate surface area is 89.5 Å². The smallest absolute Gasteiger partial charge is 0.434 e. The molecule has 0 aliphatic heterocycles. The number of rotatable bonds is 3. The molecule has 0 saturated carbocycles. The second-order valence-corrected chi connectivity index (χ2v) is 2.57. The zero-order chi connectivity index (χ0) is 13.9. The highest BCUT2D eigenvalue weighted by Crippen LogP contribution is 2.35. The molecule has 0 saturated heterocycles. The number of alkyl halides is 6. The average Bonchev–Trinajstić information content (AvgIpc) is 2.07. The summed E-state index contributed by atoms with van der Waals surface area (Å²) in [6.07, 6.45) is -16.0. The van der Waals surface area contributed by atoms with Gasteiger partial charge in [-0.1, -0.05) is 0 Å².